The molecule has 0 unspecified atom stereocenters. The van der Waals surface area contributed by atoms with Crippen LogP contribution in [0.25, 0.3) is 0 Å². The predicted octanol–water partition coefficient (Wildman–Crippen LogP) is 2.46. The number of carbonyl (C=O) groups excluding carboxylic acids is 2. The van der Waals surface area contributed by atoms with E-state index in [2.05, 4.69) is 15.0 Å². The van der Waals surface area contributed by atoms with Crippen LogP contribution in [0.15, 0.2) is 23.6 Å². The van der Waals surface area contributed by atoms with E-state index in [1.807, 2.05) is 23.1 Å². The van der Waals surface area contributed by atoms with Crippen LogP contribution in [0.1, 0.15) is 16.8 Å². The second-order valence-corrected chi connectivity index (χ2v) is 6.50. The van der Waals surface area contributed by atoms with Crippen LogP contribution in [0.4, 0.5) is 9.93 Å². The van der Waals surface area contributed by atoms with E-state index in [9.17, 15) is 9.59 Å². The lowest BCUT2D eigenvalue weighted by atomic mass is 9.99. The normalized spacial score (nSPS) is 13.1. The van der Waals surface area contributed by atoms with Crippen LogP contribution >= 0.6 is 11.3 Å². The van der Waals surface area contributed by atoms with Gasteiger partial charge < -0.3 is 14.4 Å². The maximum atomic E-state index is 12.5. The van der Waals surface area contributed by atoms with Crippen molar-refractivity contribution in [1.82, 2.24) is 9.88 Å². The predicted molar refractivity (Wildman–Crippen MR) is 94.0 cm³/mol. The van der Waals surface area contributed by atoms with Crippen molar-refractivity contribution in [3.63, 3.8) is 0 Å². The summed E-state index contributed by atoms with van der Waals surface area (Å²) in [5.41, 5.74) is 3.01. The first-order valence-electron chi connectivity index (χ1n) is 7.82. The van der Waals surface area contributed by atoms with Crippen LogP contribution < -0.4 is 10.1 Å². The molecule has 2 heterocycles. The number of methoxy groups -OCH3 is 2. The van der Waals surface area contributed by atoms with Crippen LogP contribution in [0.3, 0.4) is 0 Å². The van der Waals surface area contributed by atoms with E-state index >= 15 is 0 Å². The number of rotatable bonds is 4. The zero-order chi connectivity index (χ0) is 17.8. The van der Waals surface area contributed by atoms with Gasteiger partial charge in [-0.2, -0.15) is 0 Å². The Morgan fingerprint density at radius 1 is 1.32 bits per heavy atom. The van der Waals surface area contributed by atoms with Gasteiger partial charge in [0.25, 0.3) is 0 Å². The molecule has 0 aliphatic carbocycles. The molecular weight excluding hydrogens is 342 g/mol. The summed E-state index contributed by atoms with van der Waals surface area (Å²) < 4.78 is 9.77. The van der Waals surface area contributed by atoms with Gasteiger partial charge in [0.05, 0.1) is 26.3 Å². The third-order valence-electron chi connectivity index (χ3n) is 4.06. The maximum Gasteiger partial charge on any atom is 0.413 e. The average Bonchev–Trinajstić information content (AvgIpc) is 3.07. The van der Waals surface area contributed by atoms with Gasteiger partial charge in [-0.05, 0) is 29.7 Å². The summed E-state index contributed by atoms with van der Waals surface area (Å²) in [5.74, 6) is 0.864. The average molecular weight is 361 g/mol. The molecule has 1 N–H and O–H groups in total. The summed E-state index contributed by atoms with van der Waals surface area (Å²) in [6, 6.07) is 5.95. The molecule has 7 nitrogen and oxygen atoms in total. The first-order valence-corrected chi connectivity index (χ1v) is 8.70. The largest absolute Gasteiger partial charge is 0.497 e. The molecule has 2 aromatic rings. The molecule has 1 aromatic heterocycles. The van der Waals surface area contributed by atoms with E-state index in [4.69, 9.17) is 4.74 Å². The number of nitrogens with one attached hydrogen (secondary N) is 1. The third kappa shape index (κ3) is 4.08. The highest BCUT2D eigenvalue weighted by atomic mass is 32.1. The minimum Gasteiger partial charge on any atom is -0.497 e. The number of hydrogen-bond donors (Lipinski definition) is 1. The van der Waals surface area contributed by atoms with Crippen molar-refractivity contribution in [2.75, 3.05) is 26.1 Å². The monoisotopic (exact) mass is 361 g/mol. The molecule has 1 aliphatic rings. The van der Waals surface area contributed by atoms with Crippen LogP contribution in [-0.2, 0) is 28.9 Å². The fourth-order valence-electron chi connectivity index (χ4n) is 2.72. The van der Waals surface area contributed by atoms with Gasteiger partial charge in [-0.15, -0.1) is 11.3 Å². The Kier molecular flexibility index (Phi) is 5.18. The molecule has 0 radical (unpaired) electrons. The lowest BCUT2D eigenvalue weighted by Gasteiger charge is -2.29. The fourth-order valence-corrected chi connectivity index (χ4v) is 3.42. The molecule has 0 fully saturated rings. The lowest BCUT2D eigenvalue weighted by molar-refractivity contribution is -0.131. The number of aromatic nitrogens is 1. The van der Waals surface area contributed by atoms with E-state index in [0.717, 1.165) is 17.7 Å². The smallest absolute Gasteiger partial charge is 0.413 e. The highest BCUT2D eigenvalue weighted by Gasteiger charge is 2.22. The lowest BCUT2D eigenvalue weighted by Crippen LogP contribution is -2.37. The summed E-state index contributed by atoms with van der Waals surface area (Å²) in [4.78, 5) is 29.8. The first-order chi connectivity index (χ1) is 12.1. The number of hydrogen-bond acceptors (Lipinski definition) is 6. The van der Waals surface area contributed by atoms with Crippen molar-refractivity contribution in [1.29, 1.82) is 0 Å². The first kappa shape index (κ1) is 17.2. The quantitative estimate of drug-likeness (QED) is 0.905. The molecule has 0 atom stereocenters. The van der Waals surface area contributed by atoms with Crippen molar-refractivity contribution in [3.8, 4) is 5.75 Å². The fraction of sp³-hybridized carbons (Fsp3) is 0.353. The van der Waals surface area contributed by atoms with Crippen LogP contribution in [0, 0.1) is 0 Å². The van der Waals surface area contributed by atoms with E-state index < -0.39 is 6.09 Å². The van der Waals surface area contributed by atoms with E-state index in [-0.39, 0.29) is 12.3 Å². The van der Waals surface area contributed by atoms with Crippen molar-refractivity contribution in [2.24, 2.45) is 0 Å². The summed E-state index contributed by atoms with van der Waals surface area (Å²) in [6.45, 7) is 1.27. The second kappa shape index (κ2) is 7.52. The molecule has 3 rings (SSSR count). The Morgan fingerprint density at radius 3 is 2.92 bits per heavy atom. The van der Waals surface area contributed by atoms with Crippen molar-refractivity contribution in [2.45, 2.75) is 19.4 Å². The van der Waals surface area contributed by atoms with Gasteiger partial charge in [-0.1, -0.05) is 6.07 Å². The van der Waals surface area contributed by atoms with Crippen molar-refractivity contribution < 1.29 is 19.1 Å². The van der Waals surface area contributed by atoms with E-state index in [1.165, 1.54) is 24.0 Å². The molecule has 0 bridgehead atoms. The molecular formula is C17H19N3O4S. The Hall–Kier alpha value is -2.61. The number of anilines is 1. The Balaban J connectivity index is 1.61. The van der Waals surface area contributed by atoms with Gasteiger partial charge in [0, 0.05) is 18.5 Å². The SMILES string of the molecule is COC(=O)Nc1nc(CC(=O)N2CCc3cc(OC)ccc3C2)cs1. The number of amides is 2. The van der Waals surface area contributed by atoms with Crippen LogP contribution in [0.5, 0.6) is 5.75 Å². The van der Waals surface area contributed by atoms with Gasteiger partial charge in [0.15, 0.2) is 5.13 Å². The molecule has 132 valence electrons. The Bertz CT molecular complexity index is 790. The molecule has 25 heavy (non-hydrogen) atoms. The van der Waals surface area contributed by atoms with Crippen LogP contribution in [-0.4, -0.2) is 42.6 Å². The number of benzene rings is 1. The molecule has 1 aromatic carbocycles. The second-order valence-electron chi connectivity index (χ2n) is 5.64. The Morgan fingerprint density at radius 2 is 2.16 bits per heavy atom. The van der Waals surface area contributed by atoms with Gasteiger partial charge in [0.1, 0.15) is 5.75 Å². The molecule has 2 amide bonds. The third-order valence-corrected chi connectivity index (χ3v) is 4.86. The standard InChI is InChI=1S/C17H19N3O4S/c1-23-14-4-3-12-9-20(6-5-11(12)7-14)15(21)8-13-10-25-16(18-13)19-17(22)24-2/h3-4,7,10H,5-6,8-9H2,1-2H3,(H,18,19,22). The van der Waals surface area contributed by atoms with Crippen molar-refractivity contribution >= 4 is 28.5 Å². The topological polar surface area (TPSA) is 80.8 Å². The van der Waals surface area contributed by atoms with Gasteiger partial charge in [-0.25, -0.2) is 9.78 Å². The number of nitrogens with zero attached hydrogens (tertiary/aromatic N) is 2. The number of fused-ring (bicyclic) bond motifs is 1. The minimum atomic E-state index is -0.574. The van der Waals surface area contributed by atoms with E-state index in [0.29, 0.717) is 23.9 Å². The zero-order valence-corrected chi connectivity index (χ0v) is 14.9. The highest BCUT2D eigenvalue weighted by molar-refractivity contribution is 7.13. The van der Waals surface area contributed by atoms with Gasteiger partial charge in [-0.3, -0.25) is 10.1 Å². The molecule has 0 saturated heterocycles. The summed E-state index contributed by atoms with van der Waals surface area (Å²) in [6.07, 6.45) is 0.449. The van der Waals surface area contributed by atoms with Gasteiger partial charge in [0.2, 0.25) is 5.91 Å². The summed E-state index contributed by atoms with van der Waals surface area (Å²) >= 11 is 1.27. The minimum absolute atomic E-state index is 0.0244. The van der Waals surface area contributed by atoms with Gasteiger partial charge >= 0.3 is 6.09 Å². The molecule has 0 spiro atoms. The maximum absolute atomic E-state index is 12.5. The summed E-state index contributed by atoms with van der Waals surface area (Å²) in [5, 5.41) is 4.69. The van der Waals surface area contributed by atoms with E-state index in [1.54, 1.807) is 12.5 Å². The number of carbonyl (C=O) groups is 2. The molecule has 8 heteroatoms. The Labute approximate surface area is 149 Å². The zero-order valence-electron chi connectivity index (χ0n) is 14.1. The van der Waals surface area contributed by atoms with Crippen molar-refractivity contribution in [3.05, 3.63) is 40.4 Å². The molecule has 1 aliphatic heterocycles. The summed E-state index contributed by atoms with van der Waals surface area (Å²) in [7, 11) is 2.94. The van der Waals surface area contributed by atoms with Crippen LogP contribution in [0.2, 0.25) is 0 Å². The molecule has 0 saturated carbocycles. The number of thiazole rings is 1. The highest BCUT2D eigenvalue weighted by Crippen LogP contribution is 2.24. The number of ether oxygens (including phenoxy) is 2.